The summed E-state index contributed by atoms with van der Waals surface area (Å²) in [5, 5.41) is 2.69. The van der Waals surface area contributed by atoms with E-state index in [4.69, 9.17) is 4.74 Å². The minimum absolute atomic E-state index is 0.116. The van der Waals surface area contributed by atoms with E-state index in [9.17, 15) is 14.4 Å². The van der Waals surface area contributed by atoms with Gasteiger partial charge in [-0.05, 0) is 30.5 Å². The van der Waals surface area contributed by atoms with Gasteiger partial charge >= 0.3 is 5.97 Å². The van der Waals surface area contributed by atoms with E-state index in [0.717, 1.165) is 5.56 Å². The largest absolute Gasteiger partial charge is 0.465 e. The van der Waals surface area contributed by atoms with Gasteiger partial charge in [0.2, 0.25) is 5.91 Å². The van der Waals surface area contributed by atoms with Crippen LogP contribution in [-0.2, 0) is 20.9 Å². The number of likely N-dealkylation sites (tertiary alicyclic amines) is 1. The zero-order valence-electron chi connectivity index (χ0n) is 13.4. The lowest BCUT2D eigenvalue weighted by molar-refractivity contribution is -0.145. The van der Waals surface area contributed by atoms with Crippen molar-refractivity contribution < 1.29 is 19.1 Å². The van der Waals surface area contributed by atoms with E-state index in [0.29, 0.717) is 38.1 Å². The number of benzene rings is 1. The van der Waals surface area contributed by atoms with Crippen LogP contribution in [0, 0.1) is 5.41 Å². The number of carbonyl (C=O) groups is 3. The van der Waals surface area contributed by atoms with Crippen molar-refractivity contribution in [3.05, 3.63) is 48.0 Å². The zero-order chi connectivity index (χ0) is 17.2. The first-order chi connectivity index (χ1) is 11.6. The highest BCUT2D eigenvalue weighted by Crippen LogP contribution is 2.39. The lowest BCUT2D eigenvalue weighted by Gasteiger charge is -2.21. The van der Waals surface area contributed by atoms with E-state index in [-0.39, 0.29) is 24.3 Å². The predicted molar refractivity (Wildman–Crippen MR) is 87.0 cm³/mol. The summed E-state index contributed by atoms with van der Waals surface area (Å²) in [6.07, 6.45) is 2.51. The molecule has 24 heavy (non-hydrogen) atoms. The summed E-state index contributed by atoms with van der Waals surface area (Å²) in [4.78, 5) is 37.9. The van der Waals surface area contributed by atoms with Gasteiger partial charge in [0, 0.05) is 25.2 Å². The van der Waals surface area contributed by atoms with Crippen LogP contribution in [0.2, 0.25) is 0 Å². The van der Waals surface area contributed by atoms with Gasteiger partial charge in [-0.15, -0.1) is 0 Å². The van der Waals surface area contributed by atoms with Gasteiger partial charge in [-0.3, -0.25) is 14.4 Å². The molecule has 2 amide bonds. The Kier molecular flexibility index (Phi) is 4.38. The number of amides is 2. The fourth-order valence-corrected chi connectivity index (χ4v) is 3.32. The van der Waals surface area contributed by atoms with Crippen molar-refractivity contribution in [1.82, 2.24) is 10.2 Å². The average molecular weight is 328 g/mol. The molecule has 0 aromatic heterocycles. The highest BCUT2D eigenvalue weighted by molar-refractivity contribution is 5.97. The van der Waals surface area contributed by atoms with E-state index in [2.05, 4.69) is 11.9 Å². The molecule has 2 aliphatic heterocycles. The maximum Gasteiger partial charge on any atom is 0.314 e. The third kappa shape index (κ3) is 2.91. The fraction of sp³-hybridized carbons (Fsp3) is 0.389. The standard InChI is InChI=1S/C18H20N2O4/c1-2-15(21)19-11-13-5-3-4-6-14(13)16(22)20-9-7-18(12-20)8-10-24-17(18)23/h2-6H,1,7-12H2,(H,19,21). The molecule has 2 fully saturated rings. The number of carbonyl (C=O) groups excluding carboxylic acids is 3. The summed E-state index contributed by atoms with van der Waals surface area (Å²) in [5.41, 5.74) is 0.764. The Hall–Kier alpha value is -2.63. The monoisotopic (exact) mass is 328 g/mol. The summed E-state index contributed by atoms with van der Waals surface area (Å²) in [7, 11) is 0. The van der Waals surface area contributed by atoms with Crippen LogP contribution in [0.25, 0.3) is 0 Å². The van der Waals surface area contributed by atoms with Gasteiger partial charge in [-0.2, -0.15) is 0 Å². The molecule has 0 bridgehead atoms. The van der Waals surface area contributed by atoms with Crippen molar-refractivity contribution in [2.24, 2.45) is 5.41 Å². The Bertz CT molecular complexity index is 700. The van der Waals surface area contributed by atoms with Gasteiger partial charge in [0.25, 0.3) is 5.91 Å². The van der Waals surface area contributed by atoms with Crippen molar-refractivity contribution in [2.45, 2.75) is 19.4 Å². The van der Waals surface area contributed by atoms with Crippen molar-refractivity contribution in [1.29, 1.82) is 0 Å². The average Bonchev–Trinajstić information content (AvgIpc) is 3.20. The topological polar surface area (TPSA) is 75.7 Å². The molecule has 0 aliphatic carbocycles. The molecule has 2 saturated heterocycles. The second-order valence-corrected chi connectivity index (χ2v) is 6.22. The molecule has 6 heteroatoms. The number of nitrogens with zero attached hydrogens (tertiary/aromatic N) is 1. The number of hydrogen-bond acceptors (Lipinski definition) is 4. The van der Waals surface area contributed by atoms with Gasteiger partial charge in [0.15, 0.2) is 0 Å². The minimum atomic E-state index is -0.526. The summed E-state index contributed by atoms with van der Waals surface area (Å²) < 4.78 is 5.09. The molecule has 1 aromatic carbocycles. The zero-order valence-corrected chi connectivity index (χ0v) is 13.4. The first kappa shape index (κ1) is 16.2. The van der Waals surface area contributed by atoms with Gasteiger partial charge in [-0.1, -0.05) is 24.8 Å². The number of nitrogens with one attached hydrogen (secondary N) is 1. The van der Waals surface area contributed by atoms with Crippen molar-refractivity contribution in [3.8, 4) is 0 Å². The number of cyclic esters (lactones) is 1. The summed E-state index contributed by atoms with van der Waals surface area (Å²) in [5.74, 6) is -0.592. The van der Waals surface area contributed by atoms with E-state index in [1.165, 1.54) is 6.08 Å². The molecule has 2 aliphatic rings. The Morgan fingerprint density at radius 3 is 2.83 bits per heavy atom. The summed E-state index contributed by atoms with van der Waals surface area (Å²) >= 11 is 0. The third-order valence-corrected chi connectivity index (χ3v) is 4.77. The summed E-state index contributed by atoms with van der Waals surface area (Å²) in [6, 6.07) is 7.18. The van der Waals surface area contributed by atoms with Crippen LogP contribution >= 0.6 is 0 Å². The maximum atomic E-state index is 12.9. The molecule has 1 unspecified atom stereocenters. The van der Waals surface area contributed by atoms with Crippen LogP contribution in [-0.4, -0.2) is 42.4 Å². The van der Waals surface area contributed by atoms with E-state index >= 15 is 0 Å². The molecule has 0 saturated carbocycles. The number of esters is 1. The molecule has 6 nitrogen and oxygen atoms in total. The lowest BCUT2D eigenvalue weighted by atomic mass is 9.86. The van der Waals surface area contributed by atoms with Crippen LogP contribution in [0.3, 0.4) is 0 Å². The Morgan fingerprint density at radius 2 is 2.12 bits per heavy atom. The van der Waals surface area contributed by atoms with E-state index < -0.39 is 5.41 Å². The molecule has 1 atom stereocenters. The van der Waals surface area contributed by atoms with Crippen LogP contribution < -0.4 is 5.32 Å². The smallest absolute Gasteiger partial charge is 0.314 e. The molecular formula is C18H20N2O4. The molecule has 1 spiro atoms. The molecule has 0 radical (unpaired) electrons. The lowest BCUT2D eigenvalue weighted by Crippen LogP contribution is -2.35. The van der Waals surface area contributed by atoms with E-state index in [1.807, 2.05) is 12.1 Å². The van der Waals surface area contributed by atoms with Gasteiger partial charge in [0.1, 0.15) is 0 Å². The molecule has 2 heterocycles. The van der Waals surface area contributed by atoms with Crippen LogP contribution in [0.15, 0.2) is 36.9 Å². The molecule has 126 valence electrons. The Morgan fingerprint density at radius 1 is 1.33 bits per heavy atom. The van der Waals surface area contributed by atoms with E-state index in [1.54, 1.807) is 17.0 Å². The van der Waals surface area contributed by atoms with Crippen LogP contribution in [0.5, 0.6) is 0 Å². The first-order valence-electron chi connectivity index (χ1n) is 8.00. The van der Waals surface area contributed by atoms with Gasteiger partial charge in [0.05, 0.1) is 12.0 Å². The van der Waals surface area contributed by atoms with Crippen molar-refractivity contribution in [2.75, 3.05) is 19.7 Å². The van der Waals surface area contributed by atoms with Crippen LogP contribution in [0.1, 0.15) is 28.8 Å². The Labute approximate surface area is 140 Å². The molecule has 1 aromatic rings. The SMILES string of the molecule is C=CC(=O)NCc1ccccc1C(=O)N1CCC2(CCOC2=O)C1. The fourth-order valence-electron chi connectivity index (χ4n) is 3.32. The number of hydrogen-bond donors (Lipinski definition) is 1. The predicted octanol–water partition coefficient (Wildman–Crippen LogP) is 1.27. The normalized spacial score (nSPS) is 22.5. The van der Waals surface area contributed by atoms with Crippen molar-refractivity contribution in [3.63, 3.8) is 0 Å². The highest BCUT2D eigenvalue weighted by Gasteiger charge is 2.50. The second kappa shape index (κ2) is 6.47. The summed E-state index contributed by atoms with van der Waals surface area (Å²) in [6.45, 7) is 5.05. The third-order valence-electron chi connectivity index (χ3n) is 4.77. The van der Waals surface area contributed by atoms with Crippen LogP contribution in [0.4, 0.5) is 0 Å². The maximum absolute atomic E-state index is 12.9. The van der Waals surface area contributed by atoms with Crippen molar-refractivity contribution >= 4 is 17.8 Å². The molecular weight excluding hydrogens is 308 g/mol. The number of rotatable bonds is 4. The molecule has 3 rings (SSSR count). The highest BCUT2D eigenvalue weighted by atomic mass is 16.5. The first-order valence-corrected chi connectivity index (χ1v) is 8.00. The minimum Gasteiger partial charge on any atom is -0.465 e. The molecule has 1 N–H and O–H groups in total. The van der Waals surface area contributed by atoms with Gasteiger partial charge in [-0.25, -0.2) is 0 Å². The Balaban J connectivity index is 1.75. The number of ether oxygens (including phenoxy) is 1. The second-order valence-electron chi connectivity index (χ2n) is 6.22. The quantitative estimate of drug-likeness (QED) is 0.667. The van der Waals surface area contributed by atoms with Gasteiger partial charge < -0.3 is 15.0 Å².